The minimum Gasteiger partial charge on any atom is -0.343 e. The Kier molecular flexibility index (Phi) is 9.38. The standard InChI is InChI=1S/C20H23F9N2O8S3/c21-17(22,18(23,24)40(32,33)30-10-5-2-6-11-30)19(25,26)41(34,35)31(42(36,37)20(27,28)29)12-9-16(38-13-14-39-16)15-7-3-1-4-8-15/h1,3-4,7-8H,2,5-6,9-14H2. The highest BCUT2D eigenvalue weighted by molar-refractivity contribution is 8.05. The Morgan fingerprint density at radius 2 is 1.24 bits per heavy atom. The molecule has 0 amide bonds. The molecule has 0 radical (unpaired) electrons. The Bertz CT molecular complexity index is 1440. The third-order valence-corrected chi connectivity index (χ3v) is 12.5. The summed E-state index contributed by atoms with van der Waals surface area (Å²) in [4.78, 5) is 0. The zero-order chi connectivity index (χ0) is 32.0. The van der Waals surface area contributed by atoms with Gasteiger partial charge in [-0.05, 0) is 12.8 Å². The highest BCUT2D eigenvalue weighted by atomic mass is 32.3. The van der Waals surface area contributed by atoms with Gasteiger partial charge in [-0.2, -0.15) is 43.8 Å². The fraction of sp³-hybridized carbons (Fsp3) is 0.700. The molecule has 0 spiro atoms. The molecule has 42 heavy (non-hydrogen) atoms. The molecule has 1 aromatic carbocycles. The molecular weight excluding hydrogens is 663 g/mol. The molecule has 2 saturated heterocycles. The molecule has 22 heteroatoms. The molecule has 0 saturated carbocycles. The van der Waals surface area contributed by atoms with Crippen LogP contribution in [0.15, 0.2) is 30.3 Å². The van der Waals surface area contributed by atoms with Crippen LogP contribution >= 0.6 is 0 Å². The first-order valence-electron chi connectivity index (χ1n) is 11.8. The van der Waals surface area contributed by atoms with Crippen LogP contribution in [0.4, 0.5) is 39.5 Å². The maximum absolute atomic E-state index is 15.0. The Balaban J connectivity index is 2.11. The van der Waals surface area contributed by atoms with E-state index in [4.69, 9.17) is 9.47 Å². The monoisotopic (exact) mass is 686 g/mol. The van der Waals surface area contributed by atoms with Gasteiger partial charge in [0, 0.05) is 31.6 Å². The molecule has 10 nitrogen and oxygen atoms in total. The SMILES string of the molecule is O=S(=O)(N(CCC1(c2ccccc2)OCCO1)S(=O)(=O)C(F)(F)C(F)(F)C(F)(F)S(=O)(=O)N1CCCCC1)C(F)(F)F. The van der Waals surface area contributed by atoms with Crippen molar-refractivity contribution in [2.75, 3.05) is 32.8 Å². The van der Waals surface area contributed by atoms with Crippen LogP contribution in [0.25, 0.3) is 0 Å². The predicted octanol–water partition coefficient (Wildman–Crippen LogP) is 3.39. The van der Waals surface area contributed by atoms with Crippen molar-refractivity contribution in [3.8, 4) is 0 Å². The normalized spacial score (nSPS) is 20.2. The van der Waals surface area contributed by atoms with E-state index in [1.165, 1.54) is 30.3 Å². The molecule has 0 aromatic heterocycles. The largest absolute Gasteiger partial charge is 0.512 e. The van der Waals surface area contributed by atoms with Gasteiger partial charge in [0.15, 0.2) is 5.79 Å². The molecule has 0 atom stereocenters. The first kappa shape index (κ1) is 34.8. The molecule has 0 aliphatic carbocycles. The topological polar surface area (TPSA) is 127 Å². The van der Waals surface area contributed by atoms with Gasteiger partial charge in [-0.25, -0.2) is 25.3 Å². The lowest BCUT2D eigenvalue weighted by molar-refractivity contribution is -0.246. The van der Waals surface area contributed by atoms with Gasteiger partial charge in [-0.3, -0.25) is 0 Å². The van der Waals surface area contributed by atoms with E-state index in [1.54, 1.807) is 0 Å². The number of piperidine rings is 1. The van der Waals surface area contributed by atoms with Crippen LogP contribution in [0.3, 0.4) is 0 Å². The summed E-state index contributed by atoms with van der Waals surface area (Å²) in [6.07, 6.45) is -1.41. The van der Waals surface area contributed by atoms with Crippen molar-refractivity contribution in [2.45, 2.75) is 53.4 Å². The highest BCUT2D eigenvalue weighted by Crippen LogP contribution is 2.53. The van der Waals surface area contributed by atoms with Gasteiger partial charge in [0.05, 0.1) is 13.2 Å². The predicted molar refractivity (Wildman–Crippen MR) is 124 cm³/mol. The summed E-state index contributed by atoms with van der Waals surface area (Å²) in [6, 6.07) is 6.48. The number of benzene rings is 1. The first-order valence-corrected chi connectivity index (χ1v) is 16.1. The van der Waals surface area contributed by atoms with E-state index in [1.807, 2.05) is 0 Å². The van der Waals surface area contributed by atoms with Gasteiger partial charge in [-0.1, -0.05) is 40.5 Å². The molecule has 2 heterocycles. The lowest BCUT2D eigenvalue weighted by Crippen LogP contribution is -2.66. The number of halogens is 9. The Hall–Kier alpha value is -1.72. The molecule has 2 fully saturated rings. The van der Waals surface area contributed by atoms with Crippen LogP contribution in [0.1, 0.15) is 31.2 Å². The second-order valence-electron chi connectivity index (χ2n) is 9.09. The van der Waals surface area contributed by atoms with E-state index in [-0.39, 0.29) is 42.3 Å². The molecule has 2 aliphatic heterocycles. The van der Waals surface area contributed by atoms with E-state index in [9.17, 15) is 56.0 Å². The average molecular weight is 687 g/mol. The number of sulfonamides is 3. The summed E-state index contributed by atoms with van der Waals surface area (Å²) in [6.45, 7) is -4.52. The second kappa shape index (κ2) is 11.3. The lowest BCUT2D eigenvalue weighted by Gasteiger charge is -2.37. The van der Waals surface area contributed by atoms with E-state index < -0.39 is 87.6 Å². The summed E-state index contributed by atoms with van der Waals surface area (Å²) >= 11 is 0. The second-order valence-corrected chi connectivity index (χ2v) is 15.1. The van der Waals surface area contributed by atoms with Crippen LogP contribution in [0.5, 0.6) is 0 Å². The smallest absolute Gasteiger partial charge is 0.343 e. The van der Waals surface area contributed by atoms with Crippen molar-refractivity contribution in [1.29, 1.82) is 0 Å². The van der Waals surface area contributed by atoms with Crippen LogP contribution in [0.2, 0.25) is 0 Å². The van der Waals surface area contributed by atoms with Crippen molar-refractivity contribution in [3.05, 3.63) is 35.9 Å². The Labute approximate surface area is 234 Å². The maximum atomic E-state index is 15.0. The van der Waals surface area contributed by atoms with Crippen molar-refractivity contribution in [2.24, 2.45) is 0 Å². The van der Waals surface area contributed by atoms with Crippen molar-refractivity contribution < 1.29 is 74.2 Å². The number of rotatable bonds is 11. The molecule has 0 N–H and O–H groups in total. The van der Waals surface area contributed by atoms with Crippen molar-refractivity contribution in [3.63, 3.8) is 0 Å². The van der Waals surface area contributed by atoms with Crippen molar-refractivity contribution in [1.82, 2.24) is 8.02 Å². The molecule has 2 aliphatic rings. The molecular formula is C20H23F9N2O8S3. The fourth-order valence-corrected chi connectivity index (χ4v) is 8.96. The number of hydrogen-bond donors (Lipinski definition) is 0. The summed E-state index contributed by atoms with van der Waals surface area (Å²) in [5, 5.41) is -14.4. The molecule has 242 valence electrons. The van der Waals surface area contributed by atoms with Crippen molar-refractivity contribution >= 4 is 30.1 Å². The van der Waals surface area contributed by atoms with Crippen LogP contribution < -0.4 is 0 Å². The molecule has 1 aromatic rings. The summed E-state index contributed by atoms with van der Waals surface area (Å²) in [7, 11) is -22.3. The minimum atomic E-state index is -8.01. The van der Waals surface area contributed by atoms with Gasteiger partial charge in [-0.15, -0.1) is 0 Å². The highest BCUT2D eigenvalue weighted by Gasteiger charge is 2.84. The third kappa shape index (κ3) is 5.51. The van der Waals surface area contributed by atoms with Gasteiger partial charge in [0.2, 0.25) is 0 Å². The van der Waals surface area contributed by atoms with Gasteiger partial charge >= 0.3 is 32.0 Å². The molecule has 0 bridgehead atoms. The minimum absolute atomic E-state index is 0.0829. The van der Waals surface area contributed by atoms with E-state index in [0.717, 1.165) is 0 Å². The quantitative estimate of drug-likeness (QED) is 0.325. The third-order valence-electron chi connectivity index (χ3n) is 6.45. The van der Waals surface area contributed by atoms with Crippen LogP contribution in [-0.4, -0.2) is 88.1 Å². The summed E-state index contributed by atoms with van der Waals surface area (Å²) in [5.41, 5.74) is -6.81. The summed E-state index contributed by atoms with van der Waals surface area (Å²) in [5.74, 6) is -9.75. The van der Waals surface area contributed by atoms with Gasteiger partial charge in [0.25, 0.3) is 20.0 Å². The number of ether oxygens (including phenoxy) is 2. The van der Waals surface area contributed by atoms with E-state index in [0.29, 0.717) is 0 Å². The van der Waals surface area contributed by atoms with Crippen LogP contribution in [0, 0.1) is 0 Å². The Morgan fingerprint density at radius 1 is 0.738 bits per heavy atom. The number of hydrogen-bond acceptors (Lipinski definition) is 8. The first-order chi connectivity index (χ1) is 19.0. The molecule has 3 rings (SSSR count). The summed E-state index contributed by atoms with van der Waals surface area (Å²) < 4.78 is 212. The Morgan fingerprint density at radius 3 is 1.71 bits per heavy atom. The molecule has 0 unspecified atom stereocenters. The fourth-order valence-electron chi connectivity index (χ4n) is 4.21. The van der Waals surface area contributed by atoms with E-state index >= 15 is 8.78 Å². The number of alkyl halides is 9. The number of nitrogens with zero attached hydrogens (tertiary/aromatic N) is 2. The van der Waals surface area contributed by atoms with Gasteiger partial charge in [0.1, 0.15) is 0 Å². The maximum Gasteiger partial charge on any atom is 0.512 e. The van der Waals surface area contributed by atoms with Crippen LogP contribution in [-0.2, 0) is 45.3 Å². The van der Waals surface area contributed by atoms with E-state index in [2.05, 4.69) is 0 Å². The zero-order valence-corrected chi connectivity index (χ0v) is 23.5. The average Bonchev–Trinajstić information content (AvgIpc) is 3.38. The van der Waals surface area contributed by atoms with Gasteiger partial charge < -0.3 is 9.47 Å². The zero-order valence-electron chi connectivity index (χ0n) is 21.0. The lowest BCUT2D eigenvalue weighted by atomic mass is 10.0.